The van der Waals surface area contributed by atoms with Gasteiger partial charge in [-0.15, -0.1) is 0 Å². The zero-order valence-corrected chi connectivity index (χ0v) is 13.0. The Morgan fingerprint density at radius 1 is 1.00 bits per heavy atom. The summed E-state index contributed by atoms with van der Waals surface area (Å²) in [6, 6.07) is 9.85. The van der Waals surface area contributed by atoms with E-state index < -0.39 is 12.3 Å². The number of halogens is 3. The van der Waals surface area contributed by atoms with Gasteiger partial charge in [0, 0.05) is 0 Å². The SMILES string of the molecule is F[B-](F)(F)C12CC(Cc3ccccc3)(C1)C2.[K+]. The van der Waals surface area contributed by atoms with Crippen molar-refractivity contribution in [2.45, 2.75) is 31.0 Å². The van der Waals surface area contributed by atoms with Crippen LogP contribution in [0.3, 0.4) is 0 Å². The maximum Gasteiger partial charge on any atom is 1.00 e. The van der Waals surface area contributed by atoms with Crippen molar-refractivity contribution in [1.82, 2.24) is 0 Å². The number of benzene rings is 1. The second-order valence-electron chi connectivity index (χ2n) is 5.63. The molecule has 0 heterocycles. The maximum absolute atomic E-state index is 12.7. The van der Waals surface area contributed by atoms with Crippen LogP contribution in [0.5, 0.6) is 0 Å². The third-order valence-electron chi connectivity index (χ3n) is 4.30. The van der Waals surface area contributed by atoms with Crippen LogP contribution in [-0.2, 0) is 6.42 Å². The molecule has 0 radical (unpaired) electrons. The van der Waals surface area contributed by atoms with Gasteiger partial charge in [0.25, 0.3) is 0 Å². The van der Waals surface area contributed by atoms with Crippen LogP contribution < -0.4 is 51.4 Å². The molecule has 3 fully saturated rings. The molecule has 3 aliphatic carbocycles. The van der Waals surface area contributed by atoms with Gasteiger partial charge in [0.1, 0.15) is 0 Å². The summed E-state index contributed by atoms with van der Waals surface area (Å²) in [5, 5.41) is -1.24. The van der Waals surface area contributed by atoms with Crippen molar-refractivity contribution in [2.24, 2.45) is 5.41 Å². The Bertz CT molecular complexity index is 396. The monoisotopic (exact) mass is 264 g/mol. The van der Waals surface area contributed by atoms with Crippen molar-refractivity contribution < 1.29 is 64.3 Å². The number of hydrogen-bond acceptors (Lipinski definition) is 0. The van der Waals surface area contributed by atoms with Crippen molar-refractivity contribution >= 4 is 6.98 Å². The molecule has 86 valence electrons. The fourth-order valence-electron chi connectivity index (χ4n) is 3.65. The zero-order chi connectivity index (χ0) is 11.4. The summed E-state index contributed by atoms with van der Waals surface area (Å²) in [6.45, 7) is -4.62. The largest absolute Gasteiger partial charge is 1.00 e. The van der Waals surface area contributed by atoms with Gasteiger partial charge in [0.05, 0.1) is 0 Å². The van der Waals surface area contributed by atoms with Crippen LogP contribution in [0.2, 0.25) is 5.31 Å². The summed E-state index contributed by atoms with van der Waals surface area (Å²) in [7, 11) is 0. The first-order valence-electron chi connectivity index (χ1n) is 5.68. The molecule has 2 bridgehead atoms. The third kappa shape index (κ3) is 2.18. The number of hydrogen-bond donors (Lipinski definition) is 0. The standard InChI is InChI=1S/C12H13BF3.K/c14-13(15,16)12-7-11(8-12,9-12)6-10-4-2-1-3-5-10;/h1-5H,6-9H2;/q-1;+1. The van der Waals surface area contributed by atoms with Crippen molar-refractivity contribution in [1.29, 1.82) is 0 Å². The van der Waals surface area contributed by atoms with E-state index in [1.54, 1.807) is 0 Å². The van der Waals surface area contributed by atoms with E-state index in [2.05, 4.69) is 0 Å². The van der Waals surface area contributed by atoms with E-state index in [0.717, 1.165) is 6.42 Å². The fraction of sp³-hybridized carbons (Fsp3) is 0.500. The van der Waals surface area contributed by atoms with Crippen molar-refractivity contribution in [2.75, 3.05) is 0 Å². The molecule has 0 aliphatic heterocycles. The van der Waals surface area contributed by atoms with E-state index in [9.17, 15) is 12.9 Å². The maximum atomic E-state index is 12.7. The van der Waals surface area contributed by atoms with Gasteiger partial charge in [-0.25, -0.2) is 0 Å². The molecule has 0 aromatic heterocycles. The van der Waals surface area contributed by atoms with Crippen LogP contribution in [0, 0.1) is 5.41 Å². The first kappa shape index (κ1) is 14.1. The molecule has 0 atom stereocenters. The zero-order valence-electron chi connectivity index (χ0n) is 9.93. The van der Waals surface area contributed by atoms with Gasteiger partial charge in [-0.1, -0.05) is 54.9 Å². The molecule has 0 N–H and O–H groups in total. The molecule has 4 rings (SSSR count). The van der Waals surface area contributed by atoms with Gasteiger partial charge in [-0.05, 0) is 17.4 Å². The average Bonchev–Trinajstić information content (AvgIpc) is 2.08. The molecule has 3 aliphatic rings. The van der Waals surface area contributed by atoms with Crippen LogP contribution in [0.4, 0.5) is 12.9 Å². The van der Waals surface area contributed by atoms with Crippen LogP contribution in [0.15, 0.2) is 30.3 Å². The molecular formula is C12H13BF3K. The summed E-state index contributed by atoms with van der Waals surface area (Å²) in [5.74, 6) is 0. The Morgan fingerprint density at radius 2 is 1.53 bits per heavy atom. The number of rotatable bonds is 3. The van der Waals surface area contributed by atoms with Gasteiger partial charge < -0.3 is 12.9 Å². The summed E-state index contributed by atoms with van der Waals surface area (Å²) in [5.41, 5.74) is 1.16. The topological polar surface area (TPSA) is 0 Å². The van der Waals surface area contributed by atoms with Crippen LogP contribution >= 0.6 is 0 Å². The minimum atomic E-state index is -4.62. The molecule has 1 aromatic carbocycles. The summed E-state index contributed by atoms with van der Waals surface area (Å²) < 4.78 is 38.1. The van der Waals surface area contributed by atoms with E-state index in [1.807, 2.05) is 30.3 Å². The van der Waals surface area contributed by atoms with Gasteiger partial charge in [-0.3, -0.25) is 0 Å². The van der Waals surface area contributed by atoms with Crippen LogP contribution in [0.25, 0.3) is 0 Å². The van der Waals surface area contributed by atoms with E-state index in [1.165, 1.54) is 5.56 Å². The summed E-state index contributed by atoms with van der Waals surface area (Å²) >= 11 is 0. The van der Waals surface area contributed by atoms with Gasteiger partial charge in [0.15, 0.2) is 0 Å². The molecule has 0 unspecified atom stereocenters. The van der Waals surface area contributed by atoms with Crippen molar-refractivity contribution in [3.63, 3.8) is 0 Å². The molecule has 0 amide bonds. The quantitative estimate of drug-likeness (QED) is 0.715. The van der Waals surface area contributed by atoms with E-state index in [4.69, 9.17) is 0 Å². The van der Waals surface area contributed by atoms with Crippen LogP contribution in [-0.4, -0.2) is 6.98 Å². The third-order valence-corrected chi connectivity index (χ3v) is 4.30. The Balaban J connectivity index is 0.00000108. The Morgan fingerprint density at radius 3 is 2.00 bits per heavy atom. The average molecular weight is 264 g/mol. The molecule has 17 heavy (non-hydrogen) atoms. The summed E-state index contributed by atoms with van der Waals surface area (Å²) in [4.78, 5) is 0. The first-order valence-corrected chi connectivity index (χ1v) is 5.68. The minimum absolute atomic E-state index is 0. The second kappa shape index (κ2) is 4.37. The predicted molar refractivity (Wildman–Crippen MR) is 58.2 cm³/mol. The Labute approximate surface area is 142 Å². The van der Waals surface area contributed by atoms with Gasteiger partial charge in [0.2, 0.25) is 0 Å². The van der Waals surface area contributed by atoms with Gasteiger partial charge >= 0.3 is 58.4 Å². The first-order chi connectivity index (χ1) is 7.45. The van der Waals surface area contributed by atoms with Crippen LogP contribution in [0.1, 0.15) is 24.8 Å². The van der Waals surface area contributed by atoms with Gasteiger partial charge in [-0.2, -0.15) is 0 Å². The molecule has 5 heteroatoms. The summed E-state index contributed by atoms with van der Waals surface area (Å²) in [6.07, 6.45) is 1.94. The Hall–Kier alpha value is 0.711. The van der Waals surface area contributed by atoms with E-state index in [-0.39, 0.29) is 56.8 Å². The fourth-order valence-corrected chi connectivity index (χ4v) is 3.65. The molecule has 3 saturated carbocycles. The second-order valence-corrected chi connectivity index (χ2v) is 5.63. The molecule has 0 nitrogen and oxygen atoms in total. The normalized spacial score (nSPS) is 34.3. The molecule has 0 spiro atoms. The van der Waals surface area contributed by atoms with Crippen molar-refractivity contribution in [3.05, 3.63) is 35.9 Å². The van der Waals surface area contributed by atoms with E-state index in [0.29, 0.717) is 19.3 Å². The smallest absolute Gasteiger partial charge is 0.449 e. The van der Waals surface area contributed by atoms with Crippen molar-refractivity contribution in [3.8, 4) is 0 Å². The van der Waals surface area contributed by atoms with E-state index >= 15 is 0 Å². The molecular weight excluding hydrogens is 251 g/mol. The molecule has 0 saturated heterocycles. The minimum Gasteiger partial charge on any atom is -0.449 e. The Kier molecular flexibility index (Phi) is 3.63. The predicted octanol–water partition coefficient (Wildman–Crippen LogP) is 1.00. The molecule has 1 aromatic rings.